The minimum absolute atomic E-state index is 0.0127. The Labute approximate surface area is 155 Å². The molecular formula is C18H20N4OS2. The minimum Gasteiger partial charge on any atom is -0.303 e. The number of benzene rings is 1. The molecule has 3 aromatic rings. The third-order valence-corrected chi connectivity index (χ3v) is 6.15. The molecule has 0 saturated carbocycles. The van der Waals surface area contributed by atoms with E-state index in [1.54, 1.807) is 22.2 Å². The standard InChI is InChI=1S/C18H20N4OS2/c1-12(24)21-10-15(11-21)18-19-8-16(25-18)14-4-2-13(3-5-14)9-22-17(23)6-7-20-22/h2-8,12,15,20,24H,9-11H2,1H3. The second-order valence-corrected chi connectivity index (χ2v) is 8.24. The maximum absolute atomic E-state index is 11.6. The Kier molecular flexibility index (Phi) is 4.54. The molecule has 1 fully saturated rings. The number of hydrogen-bond donors (Lipinski definition) is 2. The molecule has 0 spiro atoms. The highest BCUT2D eigenvalue weighted by molar-refractivity contribution is 7.80. The highest BCUT2D eigenvalue weighted by Gasteiger charge is 2.32. The lowest BCUT2D eigenvalue weighted by atomic mass is 10.0. The highest BCUT2D eigenvalue weighted by Crippen LogP contribution is 2.35. The van der Waals surface area contributed by atoms with Gasteiger partial charge in [-0.3, -0.25) is 9.69 Å². The first-order chi connectivity index (χ1) is 12.1. The summed E-state index contributed by atoms with van der Waals surface area (Å²) in [7, 11) is 0. The molecule has 2 aromatic heterocycles. The summed E-state index contributed by atoms with van der Waals surface area (Å²) in [5, 5.41) is 4.45. The third kappa shape index (κ3) is 3.44. The van der Waals surface area contributed by atoms with Crippen molar-refractivity contribution in [1.82, 2.24) is 19.7 Å². The summed E-state index contributed by atoms with van der Waals surface area (Å²) in [4.78, 5) is 19.7. The summed E-state index contributed by atoms with van der Waals surface area (Å²) in [6.07, 6.45) is 3.63. The minimum atomic E-state index is -0.0127. The molecule has 130 valence electrons. The number of hydrogen-bond acceptors (Lipinski definition) is 5. The van der Waals surface area contributed by atoms with Gasteiger partial charge in [0.25, 0.3) is 5.56 Å². The molecule has 1 atom stereocenters. The van der Waals surface area contributed by atoms with Gasteiger partial charge in [0, 0.05) is 42.8 Å². The fourth-order valence-corrected chi connectivity index (χ4v) is 4.21. The van der Waals surface area contributed by atoms with Crippen molar-refractivity contribution >= 4 is 24.0 Å². The first-order valence-corrected chi connectivity index (χ1v) is 9.65. The summed E-state index contributed by atoms with van der Waals surface area (Å²) in [5.41, 5.74) is 2.25. The van der Waals surface area contributed by atoms with Crippen LogP contribution in [-0.2, 0) is 6.54 Å². The maximum atomic E-state index is 11.6. The predicted octanol–water partition coefficient (Wildman–Crippen LogP) is 3.02. The molecule has 0 radical (unpaired) electrons. The van der Waals surface area contributed by atoms with E-state index in [2.05, 4.69) is 58.8 Å². The van der Waals surface area contributed by atoms with E-state index in [-0.39, 0.29) is 5.56 Å². The van der Waals surface area contributed by atoms with Crippen molar-refractivity contribution in [1.29, 1.82) is 0 Å². The molecule has 1 aliphatic heterocycles. The van der Waals surface area contributed by atoms with E-state index in [4.69, 9.17) is 0 Å². The smallest absolute Gasteiger partial charge is 0.266 e. The van der Waals surface area contributed by atoms with Crippen LogP contribution < -0.4 is 5.56 Å². The summed E-state index contributed by atoms with van der Waals surface area (Å²) >= 11 is 6.25. The van der Waals surface area contributed by atoms with Gasteiger partial charge < -0.3 is 5.10 Å². The van der Waals surface area contributed by atoms with Crippen LogP contribution >= 0.6 is 24.0 Å². The van der Waals surface area contributed by atoms with Crippen LogP contribution in [0, 0.1) is 0 Å². The SMILES string of the molecule is CC(S)N1CC(c2ncc(-c3ccc(Cn4[nH]ccc4=O)cc3)s2)C1. The lowest BCUT2D eigenvalue weighted by Crippen LogP contribution is -2.47. The van der Waals surface area contributed by atoms with E-state index >= 15 is 0 Å². The normalized spacial score (nSPS) is 16.7. The Morgan fingerprint density at radius 3 is 2.72 bits per heavy atom. The second-order valence-electron chi connectivity index (χ2n) is 6.43. The van der Waals surface area contributed by atoms with Gasteiger partial charge in [0.15, 0.2) is 0 Å². The van der Waals surface area contributed by atoms with Crippen molar-refractivity contribution in [2.45, 2.75) is 24.8 Å². The number of aromatic nitrogens is 3. The molecule has 1 N–H and O–H groups in total. The number of aromatic amines is 1. The predicted molar refractivity (Wildman–Crippen MR) is 104 cm³/mol. The Hall–Kier alpha value is -1.83. The van der Waals surface area contributed by atoms with Crippen LogP contribution in [0.4, 0.5) is 0 Å². The monoisotopic (exact) mass is 372 g/mol. The Bertz CT molecular complexity index is 904. The van der Waals surface area contributed by atoms with Crippen LogP contribution in [0.2, 0.25) is 0 Å². The van der Waals surface area contributed by atoms with E-state index in [1.165, 1.54) is 21.5 Å². The molecule has 1 aliphatic rings. The van der Waals surface area contributed by atoms with Crippen molar-refractivity contribution < 1.29 is 0 Å². The molecule has 0 amide bonds. The van der Waals surface area contributed by atoms with Gasteiger partial charge >= 0.3 is 0 Å². The van der Waals surface area contributed by atoms with E-state index in [9.17, 15) is 4.79 Å². The maximum Gasteiger partial charge on any atom is 0.266 e. The largest absolute Gasteiger partial charge is 0.303 e. The lowest BCUT2D eigenvalue weighted by Gasteiger charge is -2.40. The van der Waals surface area contributed by atoms with Gasteiger partial charge in [-0.25, -0.2) is 9.67 Å². The zero-order valence-electron chi connectivity index (χ0n) is 13.9. The topological polar surface area (TPSA) is 53.9 Å². The molecule has 1 unspecified atom stereocenters. The van der Waals surface area contributed by atoms with Gasteiger partial charge in [0.05, 0.1) is 16.4 Å². The Morgan fingerprint density at radius 2 is 2.08 bits per heavy atom. The number of H-pyrrole nitrogens is 1. The Balaban J connectivity index is 1.44. The zero-order valence-corrected chi connectivity index (χ0v) is 15.6. The average molecular weight is 373 g/mol. The van der Waals surface area contributed by atoms with Gasteiger partial charge in [0.1, 0.15) is 0 Å². The summed E-state index contributed by atoms with van der Waals surface area (Å²) in [5.74, 6) is 0.535. The molecular weight excluding hydrogens is 352 g/mol. The van der Waals surface area contributed by atoms with Gasteiger partial charge in [-0.05, 0) is 18.1 Å². The molecule has 25 heavy (non-hydrogen) atoms. The lowest BCUT2D eigenvalue weighted by molar-refractivity contribution is 0.142. The molecule has 1 saturated heterocycles. The quantitative estimate of drug-likeness (QED) is 0.677. The number of thiol groups is 1. The van der Waals surface area contributed by atoms with Crippen LogP contribution in [0.15, 0.2) is 47.5 Å². The second kappa shape index (κ2) is 6.82. The summed E-state index contributed by atoms with van der Waals surface area (Å²) < 4.78 is 1.59. The fourth-order valence-electron chi connectivity index (χ4n) is 3.02. The molecule has 1 aromatic carbocycles. The number of likely N-dealkylation sites (tertiary alicyclic amines) is 1. The number of nitrogens with zero attached hydrogens (tertiary/aromatic N) is 3. The van der Waals surface area contributed by atoms with Crippen LogP contribution in [0.5, 0.6) is 0 Å². The van der Waals surface area contributed by atoms with E-state index in [1.807, 2.05) is 6.20 Å². The number of nitrogens with one attached hydrogen (secondary N) is 1. The third-order valence-electron chi connectivity index (χ3n) is 4.61. The van der Waals surface area contributed by atoms with Crippen LogP contribution in [0.25, 0.3) is 10.4 Å². The molecule has 3 heterocycles. The molecule has 5 nitrogen and oxygen atoms in total. The van der Waals surface area contributed by atoms with E-state index in [0.717, 1.165) is 18.7 Å². The van der Waals surface area contributed by atoms with Crippen molar-refractivity contribution in [3.63, 3.8) is 0 Å². The first-order valence-electron chi connectivity index (χ1n) is 8.31. The fraction of sp³-hybridized carbons (Fsp3) is 0.333. The Morgan fingerprint density at radius 1 is 1.32 bits per heavy atom. The summed E-state index contributed by atoms with van der Waals surface area (Å²) in [6, 6.07) is 9.86. The van der Waals surface area contributed by atoms with Crippen molar-refractivity contribution in [3.05, 3.63) is 63.7 Å². The first kappa shape index (κ1) is 16.6. The van der Waals surface area contributed by atoms with Crippen molar-refractivity contribution in [2.75, 3.05) is 13.1 Å². The van der Waals surface area contributed by atoms with Gasteiger partial charge in [-0.1, -0.05) is 24.3 Å². The highest BCUT2D eigenvalue weighted by atomic mass is 32.1. The van der Waals surface area contributed by atoms with Gasteiger partial charge in [0.2, 0.25) is 0 Å². The van der Waals surface area contributed by atoms with Gasteiger partial charge in [-0.2, -0.15) is 12.6 Å². The van der Waals surface area contributed by atoms with Crippen LogP contribution in [0.3, 0.4) is 0 Å². The molecule has 0 bridgehead atoms. The number of thiazole rings is 1. The van der Waals surface area contributed by atoms with Crippen molar-refractivity contribution in [3.8, 4) is 10.4 Å². The van der Waals surface area contributed by atoms with E-state index < -0.39 is 0 Å². The molecule has 7 heteroatoms. The van der Waals surface area contributed by atoms with Crippen LogP contribution in [-0.4, -0.2) is 38.1 Å². The molecule has 4 rings (SSSR count). The van der Waals surface area contributed by atoms with Crippen molar-refractivity contribution in [2.24, 2.45) is 0 Å². The van der Waals surface area contributed by atoms with Crippen LogP contribution in [0.1, 0.15) is 23.4 Å². The average Bonchev–Trinajstić information content (AvgIpc) is 3.17. The number of rotatable bonds is 5. The van der Waals surface area contributed by atoms with E-state index in [0.29, 0.717) is 17.8 Å². The molecule has 0 aliphatic carbocycles. The van der Waals surface area contributed by atoms with Gasteiger partial charge in [-0.15, -0.1) is 11.3 Å². The zero-order chi connectivity index (χ0) is 17.4. The summed E-state index contributed by atoms with van der Waals surface area (Å²) in [6.45, 7) is 4.75.